The highest BCUT2D eigenvalue weighted by atomic mass is 16.5. The lowest BCUT2D eigenvalue weighted by atomic mass is 9.96. The Bertz CT molecular complexity index is 224. The predicted octanol–water partition coefficient (Wildman–Crippen LogP) is 2.62. The summed E-state index contributed by atoms with van der Waals surface area (Å²) in [5.74, 6) is 1.10. The van der Waals surface area contributed by atoms with Crippen LogP contribution in [0.2, 0.25) is 0 Å². The standard InChI is InChI=1S/C12H21NO/c1-5-8-11(10(4)13)9-12(6-2)14-7-3/h5,8,10-11H,2,7,9,13H2,1,3-4H3/b8-5-/t10?,11-/m0/s1. The molecule has 2 nitrogen and oxygen atoms in total. The molecule has 2 N–H and O–H groups in total. The van der Waals surface area contributed by atoms with Crippen LogP contribution in [0.3, 0.4) is 0 Å². The Hall–Kier alpha value is -0.980. The van der Waals surface area contributed by atoms with E-state index in [-0.39, 0.29) is 6.04 Å². The highest BCUT2D eigenvalue weighted by molar-refractivity contribution is 4.99. The van der Waals surface area contributed by atoms with E-state index < -0.39 is 0 Å². The van der Waals surface area contributed by atoms with Gasteiger partial charge in [0.05, 0.1) is 6.61 Å². The molecule has 14 heavy (non-hydrogen) atoms. The van der Waals surface area contributed by atoms with Crippen LogP contribution >= 0.6 is 0 Å². The molecule has 0 aliphatic carbocycles. The van der Waals surface area contributed by atoms with Crippen LogP contribution in [-0.2, 0) is 4.74 Å². The van der Waals surface area contributed by atoms with E-state index in [1.807, 2.05) is 26.8 Å². The van der Waals surface area contributed by atoms with Crippen LogP contribution in [0.4, 0.5) is 0 Å². The second kappa shape index (κ2) is 7.43. The van der Waals surface area contributed by atoms with Crippen molar-refractivity contribution >= 4 is 0 Å². The van der Waals surface area contributed by atoms with Gasteiger partial charge in [-0.3, -0.25) is 0 Å². The van der Waals surface area contributed by atoms with Gasteiger partial charge in [0.1, 0.15) is 5.76 Å². The molecule has 0 aromatic heterocycles. The van der Waals surface area contributed by atoms with Gasteiger partial charge < -0.3 is 10.5 Å². The van der Waals surface area contributed by atoms with Crippen molar-refractivity contribution in [1.82, 2.24) is 0 Å². The zero-order valence-corrected chi connectivity index (χ0v) is 9.42. The Morgan fingerprint density at radius 2 is 2.29 bits per heavy atom. The smallest absolute Gasteiger partial charge is 0.138 e. The molecular formula is C12H21NO. The summed E-state index contributed by atoms with van der Waals surface area (Å²) in [7, 11) is 0. The molecule has 80 valence electrons. The average molecular weight is 195 g/mol. The monoisotopic (exact) mass is 195 g/mol. The Morgan fingerprint density at radius 3 is 2.64 bits per heavy atom. The summed E-state index contributed by atoms with van der Waals surface area (Å²) >= 11 is 0. The quantitative estimate of drug-likeness (QED) is 0.402. The number of hydrogen-bond donors (Lipinski definition) is 1. The van der Waals surface area contributed by atoms with E-state index in [2.05, 4.69) is 18.4 Å². The maximum atomic E-state index is 5.85. The lowest BCUT2D eigenvalue weighted by Crippen LogP contribution is -2.25. The lowest BCUT2D eigenvalue weighted by Gasteiger charge is -2.17. The van der Waals surface area contributed by atoms with Gasteiger partial charge in [0.25, 0.3) is 0 Å². The fourth-order valence-electron chi connectivity index (χ4n) is 1.25. The molecule has 0 saturated heterocycles. The van der Waals surface area contributed by atoms with Gasteiger partial charge in [0.15, 0.2) is 0 Å². The molecule has 0 rings (SSSR count). The normalized spacial score (nSPS) is 14.9. The van der Waals surface area contributed by atoms with Crippen LogP contribution in [0.5, 0.6) is 0 Å². The number of allylic oxidation sites excluding steroid dienone is 2. The van der Waals surface area contributed by atoms with Crippen molar-refractivity contribution in [2.45, 2.75) is 33.2 Å². The van der Waals surface area contributed by atoms with E-state index in [9.17, 15) is 0 Å². The van der Waals surface area contributed by atoms with Gasteiger partial charge in [-0.25, -0.2) is 0 Å². The van der Waals surface area contributed by atoms with Crippen LogP contribution in [0.1, 0.15) is 27.2 Å². The second-order valence-corrected chi connectivity index (χ2v) is 3.29. The van der Waals surface area contributed by atoms with Crippen molar-refractivity contribution in [3.8, 4) is 0 Å². The summed E-state index contributed by atoms with van der Waals surface area (Å²) in [6, 6.07) is 0.120. The minimum Gasteiger partial charge on any atom is -0.490 e. The van der Waals surface area contributed by atoms with E-state index in [4.69, 9.17) is 10.5 Å². The largest absolute Gasteiger partial charge is 0.490 e. The first-order chi connectivity index (χ1) is 6.65. The van der Waals surface area contributed by atoms with Gasteiger partial charge in [-0.15, -0.1) is 0 Å². The number of ether oxygens (including phenoxy) is 1. The molecule has 0 amide bonds. The van der Waals surface area contributed by atoms with Crippen molar-refractivity contribution in [2.24, 2.45) is 11.7 Å². The molecule has 0 spiro atoms. The minimum atomic E-state index is 0.120. The molecule has 0 aromatic rings. The molecule has 0 fully saturated rings. The summed E-state index contributed by atoms with van der Waals surface area (Å²) < 4.78 is 5.37. The molecule has 0 saturated carbocycles. The van der Waals surface area contributed by atoms with Crippen molar-refractivity contribution in [2.75, 3.05) is 6.61 Å². The fraction of sp³-hybridized carbons (Fsp3) is 0.583. The summed E-state index contributed by atoms with van der Waals surface area (Å²) in [6.45, 7) is 10.2. The third-order valence-corrected chi connectivity index (χ3v) is 2.05. The SMILES string of the molecule is C=C=C(C[C@H](/C=C\C)C(C)N)OCC. The van der Waals surface area contributed by atoms with Crippen LogP contribution in [-0.4, -0.2) is 12.6 Å². The van der Waals surface area contributed by atoms with Crippen LogP contribution in [0.15, 0.2) is 30.2 Å². The zero-order valence-electron chi connectivity index (χ0n) is 9.42. The zero-order chi connectivity index (χ0) is 11.0. The first-order valence-electron chi connectivity index (χ1n) is 5.05. The Balaban J connectivity index is 4.34. The van der Waals surface area contributed by atoms with Gasteiger partial charge in [0.2, 0.25) is 0 Å². The summed E-state index contributed by atoms with van der Waals surface area (Å²) in [6.07, 6.45) is 4.89. The van der Waals surface area contributed by atoms with Crippen molar-refractivity contribution < 1.29 is 4.74 Å². The van der Waals surface area contributed by atoms with Crippen LogP contribution in [0, 0.1) is 5.92 Å². The average Bonchev–Trinajstić information content (AvgIpc) is 2.15. The van der Waals surface area contributed by atoms with Gasteiger partial charge in [-0.05, 0) is 26.7 Å². The van der Waals surface area contributed by atoms with E-state index in [0.717, 1.165) is 12.2 Å². The van der Waals surface area contributed by atoms with E-state index >= 15 is 0 Å². The first-order valence-corrected chi connectivity index (χ1v) is 5.05. The minimum absolute atomic E-state index is 0.120. The first kappa shape index (κ1) is 13.0. The fourth-order valence-corrected chi connectivity index (χ4v) is 1.25. The van der Waals surface area contributed by atoms with E-state index in [1.54, 1.807) is 0 Å². The molecule has 0 aliphatic rings. The van der Waals surface area contributed by atoms with E-state index in [0.29, 0.717) is 12.5 Å². The molecule has 0 radical (unpaired) electrons. The molecule has 0 heterocycles. The molecule has 0 bridgehead atoms. The highest BCUT2D eigenvalue weighted by Gasteiger charge is 2.12. The number of nitrogens with two attached hydrogens (primary N) is 1. The molecule has 2 heteroatoms. The predicted molar refractivity (Wildman–Crippen MR) is 60.8 cm³/mol. The number of hydrogen-bond acceptors (Lipinski definition) is 2. The van der Waals surface area contributed by atoms with Crippen molar-refractivity contribution in [1.29, 1.82) is 0 Å². The maximum Gasteiger partial charge on any atom is 0.138 e. The van der Waals surface area contributed by atoms with Gasteiger partial charge in [-0.1, -0.05) is 24.5 Å². The molecule has 0 aromatic carbocycles. The summed E-state index contributed by atoms with van der Waals surface area (Å²) in [5.41, 5.74) is 8.66. The van der Waals surface area contributed by atoms with Crippen LogP contribution in [0.25, 0.3) is 0 Å². The third-order valence-electron chi connectivity index (χ3n) is 2.05. The second-order valence-electron chi connectivity index (χ2n) is 3.29. The van der Waals surface area contributed by atoms with Gasteiger partial charge >= 0.3 is 0 Å². The topological polar surface area (TPSA) is 35.2 Å². The van der Waals surface area contributed by atoms with Crippen molar-refractivity contribution in [3.63, 3.8) is 0 Å². The Kier molecular flexibility index (Phi) is 6.91. The van der Waals surface area contributed by atoms with Crippen molar-refractivity contribution in [3.05, 3.63) is 30.2 Å². The van der Waals surface area contributed by atoms with Gasteiger partial charge in [-0.2, -0.15) is 0 Å². The summed E-state index contributed by atoms with van der Waals surface area (Å²) in [4.78, 5) is 0. The molecule has 2 atom stereocenters. The third kappa shape index (κ3) is 4.90. The number of rotatable bonds is 6. The van der Waals surface area contributed by atoms with Crippen LogP contribution < -0.4 is 5.73 Å². The lowest BCUT2D eigenvalue weighted by molar-refractivity contribution is 0.209. The Morgan fingerprint density at radius 1 is 1.64 bits per heavy atom. The molecular weight excluding hydrogens is 174 g/mol. The maximum absolute atomic E-state index is 5.85. The molecule has 1 unspecified atom stereocenters. The van der Waals surface area contributed by atoms with Gasteiger partial charge in [0, 0.05) is 12.5 Å². The molecule has 0 aliphatic heterocycles. The van der Waals surface area contributed by atoms with E-state index in [1.165, 1.54) is 0 Å². The highest BCUT2D eigenvalue weighted by Crippen LogP contribution is 2.16. The Labute approximate surface area is 87.1 Å². The summed E-state index contributed by atoms with van der Waals surface area (Å²) in [5, 5.41) is 0.